The maximum atomic E-state index is 5.67. The molecule has 2 rings (SSSR count). The summed E-state index contributed by atoms with van der Waals surface area (Å²) >= 11 is 0. The van der Waals surface area contributed by atoms with Crippen molar-refractivity contribution in [1.82, 2.24) is 0 Å². The number of benzene rings is 1. The second kappa shape index (κ2) is 4.72. The van der Waals surface area contributed by atoms with Crippen LogP contribution in [-0.2, 0) is 11.3 Å². The van der Waals surface area contributed by atoms with E-state index >= 15 is 0 Å². The van der Waals surface area contributed by atoms with Gasteiger partial charge in [-0.05, 0) is 25.0 Å². The van der Waals surface area contributed by atoms with E-state index < -0.39 is 0 Å². The summed E-state index contributed by atoms with van der Waals surface area (Å²) in [6.07, 6.45) is 0.739. The number of aryl methyl sites for hydroxylation is 1. The zero-order valence-electron chi connectivity index (χ0n) is 9.71. The lowest BCUT2D eigenvalue weighted by Gasteiger charge is -2.24. The van der Waals surface area contributed by atoms with Gasteiger partial charge in [-0.1, -0.05) is 6.07 Å². The third-order valence-corrected chi connectivity index (χ3v) is 2.89. The Labute approximate surface area is 95.2 Å². The van der Waals surface area contributed by atoms with Gasteiger partial charge in [0, 0.05) is 12.0 Å². The minimum atomic E-state index is 0.484. The second-order valence-electron chi connectivity index (χ2n) is 3.95. The van der Waals surface area contributed by atoms with Gasteiger partial charge >= 0.3 is 0 Å². The van der Waals surface area contributed by atoms with E-state index in [4.69, 9.17) is 15.4 Å². The number of fused-ring (bicyclic) bond motifs is 1. The lowest BCUT2D eigenvalue weighted by atomic mass is 10.0. The van der Waals surface area contributed by atoms with Gasteiger partial charge in [0.25, 0.3) is 0 Å². The molecule has 16 heavy (non-hydrogen) atoms. The first-order valence-electron chi connectivity index (χ1n) is 5.44. The number of hydrogen-bond acceptors (Lipinski definition) is 4. The molecular formula is C12H17NO3. The molecule has 0 aliphatic carbocycles. The molecule has 0 unspecified atom stereocenters. The summed E-state index contributed by atoms with van der Waals surface area (Å²) in [6.45, 7) is 5.82. The molecule has 2 N–H and O–H groups in total. The Morgan fingerprint density at radius 2 is 1.94 bits per heavy atom. The summed E-state index contributed by atoms with van der Waals surface area (Å²) < 4.78 is 11.3. The summed E-state index contributed by atoms with van der Waals surface area (Å²) in [6, 6.07) is 2.11. The Kier molecular flexibility index (Phi) is 3.31. The molecule has 0 radical (unpaired) electrons. The van der Waals surface area contributed by atoms with E-state index in [1.807, 2.05) is 6.92 Å². The van der Waals surface area contributed by atoms with E-state index in [2.05, 4.69) is 17.8 Å². The van der Waals surface area contributed by atoms with Crippen LogP contribution in [0.2, 0.25) is 0 Å². The number of hydrogen-bond donors (Lipinski definition) is 1. The van der Waals surface area contributed by atoms with Crippen molar-refractivity contribution in [1.29, 1.82) is 0 Å². The Morgan fingerprint density at radius 1 is 1.25 bits per heavy atom. The van der Waals surface area contributed by atoms with Crippen LogP contribution in [-0.4, -0.2) is 19.8 Å². The fraction of sp³-hybridized carbons (Fsp3) is 0.500. The van der Waals surface area contributed by atoms with Crippen LogP contribution in [0.1, 0.15) is 16.7 Å². The van der Waals surface area contributed by atoms with Gasteiger partial charge in [-0.3, -0.25) is 0 Å². The van der Waals surface area contributed by atoms with Crippen LogP contribution in [0.3, 0.4) is 0 Å². The van der Waals surface area contributed by atoms with Crippen LogP contribution in [0.5, 0.6) is 11.5 Å². The Morgan fingerprint density at radius 3 is 2.62 bits per heavy atom. The van der Waals surface area contributed by atoms with Gasteiger partial charge in [0.05, 0.1) is 6.61 Å². The maximum absolute atomic E-state index is 5.67. The number of rotatable bonds is 3. The highest BCUT2D eigenvalue weighted by Gasteiger charge is 2.19. The summed E-state index contributed by atoms with van der Waals surface area (Å²) in [5, 5.41) is 0. The molecule has 0 spiro atoms. The quantitative estimate of drug-likeness (QED) is 0.789. The molecule has 0 saturated carbocycles. The van der Waals surface area contributed by atoms with Crippen LogP contribution in [0.4, 0.5) is 0 Å². The number of ether oxygens (including phenoxy) is 2. The van der Waals surface area contributed by atoms with Gasteiger partial charge in [-0.25, -0.2) is 5.90 Å². The van der Waals surface area contributed by atoms with E-state index in [-0.39, 0.29) is 0 Å². The van der Waals surface area contributed by atoms with Crippen molar-refractivity contribution in [3.05, 3.63) is 22.8 Å². The van der Waals surface area contributed by atoms with Gasteiger partial charge < -0.3 is 14.3 Å². The molecule has 0 atom stereocenters. The van der Waals surface area contributed by atoms with Crippen molar-refractivity contribution in [2.24, 2.45) is 5.90 Å². The largest absolute Gasteiger partial charge is 0.486 e. The summed E-state index contributed by atoms with van der Waals surface area (Å²) in [7, 11) is 0. The van der Waals surface area contributed by atoms with Crippen molar-refractivity contribution in [2.45, 2.75) is 20.3 Å². The SMILES string of the molecule is Cc1cc(CCON)c2c(c1C)OCCO2. The summed E-state index contributed by atoms with van der Waals surface area (Å²) in [4.78, 5) is 4.61. The van der Waals surface area contributed by atoms with Crippen molar-refractivity contribution in [2.75, 3.05) is 19.8 Å². The molecule has 0 fully saturated rings. The van der Waals surface area contributed by atoms with Gasteiger partial charge in [0.15, 0.2) is 11.5 Å². The molecule has 1 heterocycles. The van der Waals surface area contributed by atoms with Crippen LogP contribution in [0.25, 0.3) is 0 Å². The molecule has 1 aliphatic heterocycles. The van der Waals surface area contributed by atoms with Crippen LogP contribution < -0.4 is 15.4 Å². The highest BCUT2D eigenvalue weighted by molar-refractivity contribution is 5.55. The predicted octanol–water partition coefficient (Wildman–Crippen LogP) is 1.51. The fourth-order valence-corrected chi connectivity index (χ4v) is 1.90. The third-order valence-electron chi connectivity index (χ3n) is 2.89. The molecule has 0 aromatic heterocycles. The average Bonchev–Trinajstić information content (AvgIpc) is 2.32. The van der Waals surface area contributed by atoms with E-state index in [1.165, 1.54) is 5.56 Å². The van der Waals surface area contributed by atoms with Crippen molar-refractivity contribution < 1.29 is 14.3 Å². The lowest BCUT2D eigenvalue weighted by molar-refractivity contribution is 0.137. The normalized spacial score (nSPS) is 13.9. The molecular weight excluding hydrogens is 206 g/mol. The van der Waals surface area contributed by atoms with E-state index in [0.717, 1.165) is 29.0 Å². The Hall–Kier alpha value is -1.26. The zero-order valence-corrected chi connectivity index (χ0v) is 9.71. The first-order chi connectivity index (χ1) is 7.74. The van der Waals surface area contributed by atoms with Crippen molar-refractivity contribution >= 4 is 0 Å². The Bertz CT molecular complexity index is 390. The minimum Gasteiger partial charge on any atom is -0.486 e. The van der Waals surface area contributed by atoms with E-state index in [9.17, 15) is 0 Å². The molecule has 4 heteroatoms. The lowest BCUT2D eigenvalue weighted by Crippen LogP contribution is -2.18. The van der Waals surface area contributed by atoms with Crippen LogP contribution in [0, 0.1) is 13.8 Å². The predicted molar refractivity (Wildman–Crippen MR) is 60.7 cm³/mol. The molecule has 0 amide bonds. The molecule has 1 aromatic rings. The van der Waals surface area contributed by atoms with Crippen LogP contribution >= 0.6 is 0 Å². The number of nitrogens with two attached hydrogens (primary N) is 1. The smallest absolute Gasteiger partial charge is 0.164 e. The second-order valence-corrected chi connectivity index (χ2v) is 3.95. The monoisotopic (exact) mass is 223 g/mol. The van der Waals surface area contributed by atoms with Gasteiger partial charge in [-0.15, -0.1) is 0 Å². The molecule has 0 saturated heterocycles. The highest BCUT2D eigenvalue weighted by Crippen LogP contribution is 2.38. The molecule has 4 nitrogen and oxygen atoms in total. The van der Waals surface area contributed by atoms with Gasteiger partial charge in [0.1, 0.15) is 13.2 Å². The van der Waals surface area contributed by atoms with Gasteiger partial charge in [-0.2, -0.15) is 0 Å². The fourth-order valence-electron chi connectivity index (χ4n) is 1.90. The molecule has 1 aromatic carbocycles. The third kappa shape index (κ3) is 1.99. The van der Waals surface area contributed by atoms with Crippen molar-refractivity contribution in [3.63, 3.8) is 0 Å². The zero-order chi connectivity index (χ0) is 11.5. The summed E-state index contributed by atoms with van der Waals surface area (Å²) in [5.41, 5.74) is 3.45. The first kappa shape index (κ1) is 11.2. The Balaban J connectivity index is 2.40. The maximum Gasteiger partial charge on any atom is 0.164 e. The topological polar surface area (TPSA) is 53.7 Å². The summed E-state index contributed by atoms with van der Waals surface area (Å²) in [5.74, 6) is 6.77. The average molecular weight is 223 g/mol. The van der Waals surface area contributed by atoms with Crippen LogP contribution in [0.15, 0.2) is 6.07 Å². The molecule has 88 valence electrons. The van der Waals surface area contributed by atoms with E-state index in [1.54, 1.807) is 0 Å². The minimum absolute atomic E-state index is 0.484. The van der Waals surface area contributed by atoms with E-state index in [0.29, 0.717) is 19.8 Å². The standard InChI is InChI=1S/C12H17NO3/c1-8-7-10(3-4-16-13)12-11(9(8)2)14-5-6-15-12/h7H,3-6,13H2,1-2H3. The molecule has 0 bridgehead atoms. The van der Waals surface area contributed by atoms with Gasteiger partial charge in [0.2, 0.25) is 0 Å². The first-order valence-corrected chi connectivity index (χ1v) is 5.44. The van der Waals surface area contributed by atoms with Crippen molar-refractivity contribution in [3.8, 4) is 11.5 Å². The molecule has 1 aliphatic rings. The highest BCUT2D eigenvalue weighted by atomic mass is 16.6.